The lowest BCUT2D eigenvalue weighted by atomic mass is 9.88. The van der Waals surface area contributed by atoms with Crippen LogP contribution in [0.5, 0.6) is 0 Å². The Morgan fingerprint density at radius 3 is 2.18 bits per heavy atom. The zero-order valence-corrected chi connectivity index (χ0v) is 20.4. The van der Waals surface area contributed by atoms with Gasteiger partial charge in [-0.05, 0) is 57.8 Å². The van der Waals surface area contributed by atoms with Crippen LogP contribution >= 0.6 is 11.6 Å². The lowest BCUT2D eigenvalue weighted by Crippen LogP contribution is -2.50. The van der Waals surface area contributed by atoms with Crippen LogP contribution in [0.15, 0.2) is 11.1 Å². The minimum atomic E-state index is -1.94. The van der Waals surface area contributed by atoms with Gasteiger partial charge in [-0.1, -0.05) is 32.4 Å². The molecule has 6 nitrogen and oxygen atoms in total. The topological polar surface area (TPSA) is 73.9 Å². The SMILES string of the molecule is COC(=O)[C@@H](NC(=O)OC(C)(C)C)[C@@H]1CC[C@H](O[Si](C)(C)C(C)(C)C)C=C1Cl. The van der Waals surface area contributed by atoms with Crippen molar-refractivity contribution in [2.45, 2.75) is 90.3 Å². The summed E-state index contributed by atoms with van der Waals surface area (Å²) >= 11 is 6.53. The Morgan fingerprint density at radius 1 is 1.18 bits per heavy atom. The van der Waals surface area contributed by atoms with Crippen LogP contribution in [0, 0.1) is 5.92 Å². The highest BCUT2D eigenvalue weighted by Crippen LogP contribution is 2.40. The number of hydrogen-bond acceptors (Lipinski definition) is 5. The van der Waals surface area contributed by atoms with Crippen molar-refractivity contribution in [3.63, 3.8) is 0 Å². The number of methoxy groups -OCH3 is 1. The van der Waals surface area contributed by atoms with Crippen molar-refractivity contribution in [1.29, 1.82) is 0 Å². The molecule has 3 atom stereocenters. The van der Waals surface area contributed by atoms with Gasteiger partial charge in [-0.25, -0.2) is 9.59 Å². The van der Waals surface area contributed by atoms with Gasteiger partial charge in [-0.3, -0.25) is 0 Å². The molecule has 28 heavy (non-hydrogen) atoms. The fraction of sp³-hybridized carbons (Fsp3) is 0.800. The van der Waals surface area contributed by atoms with Gasteiger partial charge >= 0.3 is 12.1 Å². The van der Waals surface area contributed by atoms with E-state index in [1.54, 1.807) is 20.8 Å². The van der Waals surface area contributed by atoms with E-state index in [2.05, 4.69) is 39.2 Å². The Hall–Kier alpha value is -1.05. The largest absolute Gasteiger partial charge is 0.467 e. The molecule has 0 aromatic heterocycles. The van der Waals surface area contributed by atoms with Gasteiger partial charge < -0.3 is 19.2 Å². The van der Waals surface area contributed by atoms with E-state index in [4.69, 9.17) is 25.5 Å². The summed E-state index contributed by atoms with van der Waals surface area (Å²) < 4.78 is 16.6. The molecule has 0 aromatic rings. The number of esters is 1. The fourth-order valence-electron chi connectivity index (χ4n) is 2.73. The first-order valence-electron chi connectivity index (χ1n) is 9.70. The Labute approximate surface area is 175 Å². The van der Waals surface area contributed by atoms with Crippen molar-refractivity contribution in [1.82, 2.24) is 5.32 Å². The average Bonchev–Trinajstić information content (AvgIpc) is 2.49. The maximum absolute atomic E-state index is 12.3. The molecule has 1 amide bonds. The van der Waals surface area contributed by atoms with Gasteiger partial charge in [-0.2, -0.15) is 0 Å². The molecule has 0 aromatic carbocycles. The molecule has 0 radical (unpaired) electrons. The Balaban J connectivity index is 2.94. The highest BCUT2D eigenvalue weighted by atomic mass is 35.5. The van der Waals surface area contributed by atoms with Crippen molar-refractivity contribution in [3.8, 4) is 0 Å². The van der Waals surface area contributed by atoms with Gasteiger partial charge in [-0.15, -0.1) is 0 Å². The van der Waals surface area contributed by atoms with Crippen LogP contribution in [-0.2, 0) is 18.7 Å². The summed E-state index contributed by atoms with van der Waals surface area (Å²) in [7, 11) is -0.650. The number of alkyl carbamates (subject to hydrolysis) is 1. The summed E-state index contributed by atoms with van der Waals surface area (Å²) in [6.07, 6.45) is 2.42. The van der Waals surface area contributed by atoms with Crippen molar-refractivity contribution >= 4 is 32.0 Å². The third-order valence-corrected chi connectivity index (χ3v) is 10.2. The van der Waals surface area contributed by atoms with Crippen LogP contribution in [0.25, 0.3) is 0 Å². The second kappa shape index (κ2) is 9.18. The van der Waals surface area contributed by atoms with Crippen molar-refractivity contribution < 1.29 is 23.5 Å². The van der Waals surface area contributed by atoms with Crippen LogP contribution in [-0.4, -0.2) is 45.2 Å². The van der Waals surface area contributed by atoms with Crippen LogP contribution in [0.3, 0.4) is 0 Å². The summed E-state index contributed by atoms with van der Waals surface area (Å²) in [5.74, 6) is -0.924. The van der Waals surface area contributed by atoms with Gasteiger partial charge in [0.25, 0.3) is 0 Å². The zero-order valence-electron chi connectivity index (χ0n) is 18.6. The van der Waals surface area contributed by atoms with E-state index in [0.717, 1.165) is 6.42 Å². The Kier molecular flexibility index (Phi) is 8.19. The minimum Gasteiger partial charge on any atom is -0.467 e. The number of carbonyl (C=O) groups excluding carboxylic acids is 2. The number of ether oxygens (including phenoxy) is 2. The third-order valence-electron chi connectivity index (χ3n) is 5.24. The third kappa shape index (κ3) is 7.08. The number of rotatable bonds is 5. The average molecular weight is 434 g/mol. The van der Waals surface area contributed by atoms with Crippen LogP contribution < -0.4 is 5.32 Å². The molecule has 0 saturated heterocycles. The molecule has 1 N–H and O–H groups in total. The van der Waals surface area contributed by atoms with Gasteiger partial charge in [0.05, 0.1) is 13.2 Å². The van der Waals surface area contributed by atoms with Gasteiger partial charge in [0.2, 0.25) is 0 Å². The van der Waals surface area contributed by atoms with Gasteiger partial charge in [0.15, 0.2) is 8.32 Å². The predicted octanol–water partition coefficient (Wildman–Crippen LogP) is 4.98. The van der Waals surface area contributed by atoms with Crippen molar-refractivity contribution in [2.75, 3.05) is 7.11 Å². The standard InChI is InChI=1S/C20H36ClNO5Si/c1-19(2,3)26-18(24)22-16(17(23)25-7)14-11-10-13(12-15(14)21)27-28(8,9)20(4,5)6/h12-14,16H,10-11H2,1-9H3,(H,22,24)/t13-,14+,16-/m0/s1. The maximum Gasteiger partial charge on any atom is 0.408 e. The van der Waals surface area contributed by atoms with Crippen LogP contribution in [0.2, 0.25) is 18.1 Å². The molecule has 162 valence electrons. The summed E-state index contributed by atoms with van der Waals surface area (Å²) in [5, 5.41) is 3.21. The summed E-state index contributed by atoms with van der Waals surface area (Å²) in [4.78, 5) is 24.5. The second-order valence-electron chi connectivity index (χ2n) is 9.80. The number of halogens is 1. The van der Waals surface area contributed by atoms with Gasteiger partial charge in [0, 0.05) is 11.0 Å². The van der Waals surface area contributed by atoms with Crippen molar-refractivity contribution in [2.24, 2.45) is 5.92 Å². The summed E-state index contributed by atoms with van der Waals surface area (Å²) in [5.41, 5.74) is -0.668. The monoisotopic (exact) mass is 433 g/mol. The molecule has 0 fully saturated rings. The smallest absolute Gasteiger partial charge is 0.408 e. The maximum atomic E-state index is 12.3. The first kappa shape index (κ1) is 25.0. The molecule has 0 bridgehead atoms. The number of nitrogens with one attached hydrogen (secondary N) is 1. The molecule has 0 spiro atoms. The number of carbonyl (C=O) groups is 2. The summed E-state index contributed by atoms with van der Waals surface area (Å²) in [6.45, 7) is 16.2. The predicted molar refractivity (Wildman–Crippen MR) is 114 cm³/mol. The quantitative estimate of drug-likeness (QED) is 0.489. The molecule has 0 unspecified atom stereocenters. The molecule has 1 aliphatic carbocycles. The van der Waals surface area contributed by atoms with Crippen molar-refractivity contribution in [3.05, 3.63) is 11.1 Å². The lowest BCUT2D eigenvalue weighted by molar-refractivity contribution is -0.144. The fourth-order valence-corrected chi connectivity index (χ4v) is 4.40. The van der Waals surface area contributed by atoms with Crippen LogP contribution in [0.1, 0.15) is 54.4 Å². The molecule has 8 heteroatoms. The second-order valence-corrected chi connectivity index (χ2v) is 15.0. The van der Waals surface area contributed by atoms with E-state index in [1.165, 1.54) is 7.11 Å². The number of amides is 1. The van der Waals surface area contributed by atoms with E-state index >= 15 is 0 Å². The minimum absolute atomic E-state index is 0.0931. The Bertz CT molecular complexity index is 607. The zero-order chi connectivity index (χ0) is 21.9. The first-order chi connectivity index (χ1) is 12.6. The Morgan fingerprint density at radius 2 is 1.75 bits per heavy atom. The summed E-state index contributed by atoms with van der Waals surface area (Å²) in [6, 6.07) is -0.905. The molecular formula is C20H36ClNO5Si. The van der Waals surface area contributed by atoms with Crippen LogP contribution in [0.4, 0.5) is 4.79 Å². The highest BCUT2D eigenvalue weighted by molar-refractivity contribution is 6.74. The normalized spacial score (nSPS) is 22.1. The molecule has 0 saturated carbocycles. The first-order valence-corrected chi connectivity index (χ1v) is 13.0. The molecular weight excluding hydrogens is 398 g/mol. The molecule has 1 aliphatic rings. The van der Waals surface area contributed by atoms with E-state index in [1.807, 2.05) is 6.08 Å². The highest BCUT2D eigenvalue weighted by Gasteiger charge is 2.41. The number of hydrogen-bond donors (Lipinski definition) is 1. The van der Waals surface area contributed by atoms with E-state index < -0.39 is 32.0 Å². The van der Waals surface area contributed by atoms with E-state index in [9.17, 15) is 9.59 Å². The van der Waals surface area contributed by atoms with E-state index in [0.29, 0.717) is 11.5 Å². The molecule has 1 rings (SSSR count). The molecule has 0 heterocycles. The van der Waals surface area contributed by atoms with E-state index in [-0.39, 0.29) is 17.1 Å². The molecule has 0 aliphatic heterocycles. The van der Waals surface area contributed by atoms with Gasteiger partial charge in [0.1, 0.15) is 11.6 Å². The lowest BCUT2D eigenvalue weighted by Gasteiger charge is -2.40.